The summed E-state index contributed by atoms with van der Waals surface area (Å²) in [4.78, 5) is 30.7. The number of pyridine rings is 1. The van der Waals surface area contributed by atoms with E-state index in [1.54, 1.807) is 28.5 Å². The van der Waals surface area contributed by atoms with E-state index in [0.717, 1.165) is 64.6 Å². The number of anilines is 2. The first-order chi connectivity index (χ1) is 15.1. The van der Waals surface area contributed by atoms with Gasteiger partial charge in [0.05, 0.1) is 33.6 Å². The fourth-order valence-corrected chi connectivity index (χ4v) is 5.08. The lowest BCUT2D eigenvalue weighted by atomic mass is 10.1. The van der Waals surface area contributed by atoms with Gasteiger partial charge in [-0.05, 0) is 25.3 Å². The Hall–Kier alpha value is -3.27. The van der Waals surface area contributed by atoms with Gasteiger partial charge in [-0.25, -0.2) is 19.7 Å². The van der Waals surface area contributed by atoms with Crippen LogP contribution in [-0.2, 0) is 11.8 Å². The highest BCUT2D eigenvalue weighted by molar-refractivity contribution is 7.17. The molecule has 10 heteroatoms. The van der Waals surface area contributed by atoms with Crippen LogP contribution in [0.25, 0.3) is 21.3 Å². The fraction of sp³-hybridized carbons (Fsp3) is 0.381. The van der Waals surface area contributed by atoms with Crippen molar-refractivity contribution < 1.29 is 9.53 Å². The minimum Gasteiger partial charge on any atom is -0.462 e. The Morgan fingerprint density at radius 3 is 2.71 bits per heavy atom. The molecule has 5 heterocycles. The van der Waals surface area contributed by atoms with Crippen molar-refractivity contribution in [2.75, 3.05) is 42.6 Å². The second kappa shape index (κ2) is 7.77. The Balaban J connectivity index is 1.51. The quantitative estimate of drug-likeness (QED) is 0.450. The van der Waals surface area contributed by atoms with Crippen molar-refractivity contribution in [2.45, 2.75) is 13.8 Å². The first kappa shape index (κ1) is 19.7. The van der Waals surface area contributed by atoms with Crippen LogP contribution in [0.4, 0.5) is 11.5 Å². The molecular formula is C21H23N7O2S. The standard InChI is InChI=1S/C21H23N7O2S/c1-4-30-21(29)14-11-22-19-16(13(2)25-26(19)3)17(14)27-6-8-28(9-7-27)20-18-15(5-10-31-18)23-12-24-20/h5,10-12H,4,6-9H2,1-3H3. The summed E-state index contributed by atoms with van der Waals surface area (Å²) in [6.07, 6.45) is 3.24. The van der Waals surface area contributed by atoms with E-state index < -0.39 is 0 Å². The number of esters is 1. The average molecular weight is 438 g/mol. The van der Waals surface area contributed by atoms with E-state index in [2.05, 4.69) is 29.9 Å². The summed E-state index contributed by atoms with van der Waals surface area (Å²) in [5.41, 5.74) is 3.94. The number of hydrogen-bond donors (Lipinski definition) is 0. The van der Waals surface area contributed by atoms with Crippen LogP contribution in [0.2, 0.25) is 0 Å². The zero-order valence-corrected chi connectivity index (χ0v) is 18.5. The van der Waals surface area contributed by atoms with Crippen LogP contribution in [0.1, 0.15) is 23.0 Å². The summed E-state index contributed by atoms with van der Waals surface area (Å²) < 4.78 is 8.19. The van der Waals surface area contributed by atoms with Gasteiger partial charge in [-0.2, -0.15) is 5.10 Å². The number of aromatic nitrogens is 5. The second-order valence-corrected chi connectivity index (χ2v) is 8.37. The van der Waals surface area contributed by atoms with Gasteiger partial charge in [-0.1, -0.05) is 0 Å². The predicted molar refractivity (Wildman–Crippen MR) is 121 cm³/mol. The maximum atomic E-state index is 12.7. The van der Waals surface area contributed by atoms with Crippen LogP contribution in [-0.4, -0.2) is 63.5 Å². The molecule has 0 radical (unpaired) electrons. The van der Waals surface area contributed by atoms with Gasteiger partial charge in [0.15, 0.2) is 5.65 Å². The number of nitrogens with zero attached hydrogens (tertiary/aromatic N) is 7. The molecular weight excluding hydrogens is 414 g/mol. The van der Waals surface area contributed by atoms with E-state index in [0.29, 0.717) is 12.2 Å². The Morgan fingerprint density at radius 2 is 1.94 bits per heavy atom. The summed E-state index contributed by atoms with van der Waals surface area (Å²) in [6.45, 7) is 7.15. The maximum absolute atomic E-state index is 12.7. The number of ether oxygens (including phenoxy) is 1. The van der Waals surface area contributed by atoms with Crippen molar-refractivity contribution in [2.24, 2.45) is 7.05 Å². The molecule has 0 unspecified atom stereocenters. The van der Waals surface area contributed by atoms with E-state index in [1.807, 2.05) is 32.3 Å². The van der Waals surface area contributed by atoms with Crippen molar-refractivity contribution in [1.82, 2.24) is 24.7 Å². The van der Waals surface area contributed by atoms with Crippen LogP contribution in [0, 0.1) is 6.92 Å². The highest BCUT2D eigenvalue weighted by atomic mass is 32.1. The molecule has 0 amide bonds. The first-order valence-electron chi connectivity index (χ1n) is 10.3. The molecule has 0 spiro atoms. The topological polar surface area (TPSA) is 89.3 Å². The van der Waals surface area contributed by atoms with Crippen LogP contribution in [0.5, 0.6) is 0 Å². The molecule has 9 nitrogen and oxygen atoms in total. The third-order valence-electron chi connectivity index (χ3n) is 5.61. The Bertz CT molecular complexity index is 1270. The number of piperazine rings is 1. The molecule has 0 N–H and O–H groups in total. The number of hydrogen-bond acceptors (Lipinski definition) is 9. The maximum Gasteiger partial charge on any atom is 0.341 e. The van der Waals surface area contributed by atoms with E-state index in [4.69, 9.17) is 4.74 Å². The van der Waals surface area contributed by atoms with E-state index in [-0.39, 0.29) is 5.97 Å². The zero-order chi connectivity index (χ0) is 21.5. The molecule has 0 aliphatic carbocycles. The molecule has 1 aliphatic heterocycles. The normalized spacial score (nSPS) is 14.5. The summed E-state index contributed by atoms with van der Waals surface area (Å²) in [5, 5.41) is 7.48. The third kappa shape index (κ3) is 3.27. The van der Waals surface area contributed by atoms with Crippen LogP contribution >= 0.6 is 11.3 Å². The molecule has 0 saturated carbocycles. The first-order valence-corrected chi connectivity index (χ1v) is 11.1. The number of aryl methyl sites for hydroxylation is 2. The third-order valence-corrected chi connectivity index (χ3v) is 6.51. The van der Waals surface area contributed by atoms with E-state index >= 15 is 0 Å². The molecule has 0 aromatic carbocycles. The average Bonchev–Trinajstić information content (AvgIpc) is 3.37. The van der Waals surface area contributed by atoms with Gasteiger partial charge in [0.25, 0.3) is 0 Å². The lowest BCUT2D eigenvalue weighted by Crippen LogP contribution is -2.47. The number of rotatable bonds is 4. The minimum absolute atomic E-state index is 0.320. The smallest absolute Gasteiger partial charge is 0.341 e. The second-order valence-electron chi connectivity index (χ2n) is 7.45. The van der Waals surface area contributed by atoms with Crippen molar-refractivity contribution >= 4 is 50.1 Å². The van der Waals surface area contributed by atoms with Crippen LogP contribution < -0.4 is 9.80 Å². The summed E-state index contributed by atoms with van der Waals surface area (Å²) >= 11 is 1.66. The van der Waals surface area contributed by atoms with Gasteiger partial charge in [0.1, 0.15) is 17.7 Å². The van der Waals surface area contributed by atoms with Gasteiger partial charge in [0, 0.05) is 39.4 Å². The molecule has 1 fully saturated rings. The summed E-state index contributed by atoms with van der Waals surface area (Å²) in [7, 11) is 1.87. The Labute approximate surface area is 183 Å². The minimum atomic E-state index is -0.353. The lowest BCUT2D eigenvalue weighted by molar-refractivity contribution is 0.0527. The molecule has 31 heavy (non-hydrogen) atoms. The molecule has 4 aromatic rings. The van der Waals surface area contributed by atoms with Crippen molar-refractivity contribution in [3.63, 3.8) is 0 Å². The highest BCUT2D eigenvalue weighted by Crippen LogP contribution is 2.34. The summed E-state index contributed by atoms with van der Waals surface area (Å²) in [6, 6.07) is 2.02. The van der Waals surface area contributed by atoms with Gasteiger partial charge in [0.2, 0.25) is 0 Å². The fourth-order valence-electron chi connectivity index (χ4n) is 4.22. The number of carbonyl (C=O) groups excluding carboxylic acids is 1. The summed E-state index contributed by atoms with van der Waals surface area (Å²) in [5.74, 6) is 0.622. The monoisotopic (exact) mass is 437 g/mol. The molecule has 4 aromatic heterocycles. The molecule has 1 aliphatic rings. The molecule has 160 valence electrons. The van der Waals surface area contributed by atoms with Gasteiger partial charge in [-0.15, -0.1) is 11.3 Å². The largest absolute Gasteiger partial charge is 0.462 e. The van der Waals surface area contributed by atoms with Gasteiger partial charge < -0.3 is 14.5 Å². The van der Waals surface area contributed by atoms with Crippen LogP contribution in [0.15, 0.2) is 24.0 Å². The predicted octanol–water partition coefficient (Wildman–Crippen LogP) is 2.78. The lowest BCUT2D eigenvalue weighted by Gasteiger charge is -2.37. The van der Waals surface area contributed by atoms with Gasteiger partial charge >= 0.3 is 5.97 Å². The molecule has 5 rings (SSSR count). The SMILES string of the molecule is CCOC(=O)c1cnc2c(c(C)nn2C)c1N1CCN(c2ncnc3ccsc23)CC1. The van der Waals surface area contributed by atoms with Crippen molar-refractivity contribution in [3.8, 4) is 0 Å². The Kier molecular flexibility index (Phi) is 4.93. The number of fused-ring (bicyclic) bond motifs is 2. The van der Waals surface area contributed by atoms with Gasteiger partial charge in [-0.3, -0.25) is 4.68 Å². The van der Waals surface area contributed by atoms with Crippen molar-refractivity contribution in [3.05, 3.63) is 35.2 Å². The number of thiophene rings is 1. The zero-order valence-electron chi connectivity index (χ0n) is 17.7. The highest BCUT2D eigenvalue weighted by Gasteiger charge is 2.28. The van der Waals surface area contributed by atoms with Crippen LogP contribution in [0.3, 0.4) is 0 Å². The van der Waals surface area contributed by atoms with E-state index in [9.17, 15) is 4.79 Å². The molecule has 0 atom stereocenters. The molecule has 1 saturated heterocycles. The Morgan fingerprint density at radius 1 is 1.16 bits per heavy atom. The van der Waals surface area contributed by atoms with Crippen molar-refractivity contribution in [1.29, 1.82) is 0 Å². The van der Waals surface area contributed by atoms with E-state index in [1.165, 1.54) is 0 Å². The number of carbonyl (C=O) groups is 1. The molecule has 0 bridgehead atoms.